The summed E-state index contributed by atoms with van der Waals surface area (Å²) in [6.45, 7) is 0. The molecule has 0 aromatic rings. The van der Waals surface area contributed by atoms with Crippen molar-refractivity contribution >= 4 is 0 Å². The third-order valence-corrected chi connectivity index (χ3v) is 1.48. The molecule has 11 heteroatoms. The Balaban J connectivity index is 0. The van der Waals surface area contributed by atoms with Crippen LogP contribution in [0.4, 0.5) is 21.4 Å². The number of halogens is 6. The van der Waals surface area contributed by atoms with E-state index in [-0.39, 0.29) is 16.8 Å². The molecule has 0 aliphatic heterocycles. The summed E-state index contributed by atoms with van der Waals surface area (Å²) in [5, 5.41) is 0. The predicted molar refractivity (Wildman–Crippen MR) is 9.50 cm³/mol. The number of rotatable bonds is 2. The first kappa shape index (κ1) is 14.1. The molecule has 0 saturated carbocycles. The predicted octanol–water partition coefficient (Wildman–Crippen LogP) is 2.26. The van der Waals surface area contributed by atoms with E-state index in [9.17, 15) is 21.4 Å². The first-order valence-corrected chi connectivity index (χ1v) is 5.95. The van der Waals surface area contributed by atoms with E-state index in [0.29, 0.717) is 7.05 Å². The van der Waals surface area contributed by atoms with Crippen molar-refractivity contribution in [3.63, 3.8) is 0 Å². The molecule has 11 heavy (non-hydrogen) atoms. The second-order valence-corrected chi connectivity index (χ2v) is 7.25. The first-order chi connectivity index (χ1) is 3.84. The van der Waals surface area contributed by atoms with Crippen molar-refractivity contribution in [3.8, 4) is 0 Å². The Morgan fingerprint density at radius 1 is 0.909 bits per heavy atom. The maximum atomic E-state index is 11.0. The van der Waals surface area contributed by atoms with Crippen LogP contribution < -0.4 is 0 Å². The van der Waals surface area contributed by atoms with Gasteiger partial charge in [-0.05, 0) is 0 Å². The van der Waals surface area contributed by atoms with E-state index in [0.717, 1.165) is 0 Å². The van der Waals surface area contributed by atoms with E-state index in [4.69, 9.17) is 3.32 Å². The van der Waals surface area contributed by atoms with Crippen molar-refractivity contribution in [2.24, 2.45) is 0 Å². The second-order valence-electron chi connectivity index (χ2n) is 1.76. The van der Waals surface area contributed by atoms with Crippen LogP contribution in [0.15, 0.2) is 0 Å². The molecular formula is CoF6O3Ti. The molecule has 0 atom stereocenters. The van der Waals surface area contributed by atoms with Crippen LogP contribution in [0.1, 0.15) is 0 Å². The normalized spacial score (nSPS) is 21.8. The zero-order valence-electron chi connectivity index (χ0n) is 4.33. The van der Waals surface area contributed by atoms with Gasteiger partial charge < -0.3 is 0 Å². The van der Waals surface area contributed by atoms with Crippen LogP contribution >= 0.6 is 0 Å². The van der Waals surface area contributed by atoms with Gasteiger partial charge in [0.05, 0.1) is 0 Å². The van der Waals surface area contributed by atoms with Crippen molar-refractivity contribution < 1.29 is 64.2 Å². The standard InChI is InChI=1S/Co.2FO.4FH.O.Ti/c;2*1-2;;;;;;/h;;;4*1H;;/q;2*-1;;;;;;+6/p-4. The van der Waals surface area contributed by atoms with E-state index in [1.165, 1.54) is 0 Å². The summed E-state index contributed by atoms with van der Waals surface area (Å²) in [7, 11) is 0. The van der Waals surface area contributed by atoms with Crippen LogP contribution in [0.5, 0.6) is 0 Å². The first-order valence-electron chi connectivity index (χ1n) is 1.68. The average molecular weight is 269 g/mol. The SMILES string of the molecule is [Co].[O]=[Ti]([F])([F])([F])([F])([O]F)[O]F. The quantitative estimate of drug-likeness (QED) is 0.569. The summed E-state index contributed by atoms with van der Waals surface area (Å²) in [4.78, 5) is 0. The van der Waals surface area contributed by atoms with Crippen molar-refractivity contribution in [1.29, 1.82) is 0 Å². The maximum absolute atomic E-state index is 12.4. The summed E-state index contributed by atoms with van der Waals surface area (Å²) < 4.78 is 74.7. The summed E-state index contributed by atoms with van der Waals surface area (Å²) >= 11 is -12.4. The van der Waals surface area contributed by atoms with Crippen molar-refractivity contribution in [3.05, 3.63) is 0 Å². The van der Waals surface area contributed by atoms with Crippen LogP contribution in [0.2, 0.25) is 0 Å². The van der Waals surface area contributed by atoms with Gasteiger partial charge in [0.25, 0.3) is 0 Å². The molecule has 0 spiro atoms. The molecule has 0 heterocycles. The van der Waals surface area contributed by atoms with Gasteiger partial charge in [-0.2, -0.15) is 0 Å². The van der Waals surface area contributed by atoms with Gasteiger partial charge in [-0.1, -0.05) is 0 Å². The third kappa shape index (κ3) is 4.87. The minimum atomic E-state index is -12.4. The summed E-state index contributed by atoms with van der Waals surface area (Å²) in [5.41, 5.74) is 0. The fourth-order valence-electron chi connectivity index (χ4n) is 0.0119. The molecular weight excluding hydrogens is 269 g/mol. The molecule has 0 rings (SSSR count). The Bertz CT molecular complexity index is 239. The molecule has 0 bridgehead atoms. The van der Waals surface area contributed by atoms with Crippen molar-refractivity contribution in [2.75, 3.05) is 0 Å². The molecule has 3 nitrogen and oxygen atoms in total. The van der Waals surface area contributed by atoms with Crippen molar-refractivity contribution in [2.45, 2.75) is 0 Å². The monoisotopic (exact) mass is 269 g/mol. The van der Waals surface area contributed by atoms with Gasteiger partial charge >= 0.3 is 47.4 Å². The van der Waals surface area contributed by atoms with Gasteiger partial charge in [-0.15, -0.1) is 0 Å². The van der Waals surface area contributed by atoms with E-state index >= 15 is 0 Å². The van der Waals surface area contributed by atoms with Crippen LogP contribution in [0.3, 0.4) is 0 Å². The van der Waals surface area contributed by atoms with Gasteiger partial charge in [0.15, 0.2) is 0 Å². The summed E-state index contributed by atoms with van der Waals surface area (Å²) in [5.74, 6) is 0. The van der Waals surface area contributed by atoms with E-state index < -0.39 is 15.6 Å². The third-order valence-electron chi connectivity index (χ3n) is 0.359. The average Bonchev–Trinajstić information content (AvgIpc) is 1.66. The Morgan fingerprint density at radius 2 is 1.09 bits per heavy atom. The van der Waals surface area contributed by atoms with E-state index in [1.807, 2.05) is 0 Å². The van der Waals surface area contributed by atoms with Gasteiger partial charge in [0.2, 0.25) is 0 Å². The van der Waals surface area contributed by atoms with Crippen LogP contribution in [0, 0.1) is 0 Å². The van der Waals surface area contributed by atoms with Gasteiger partial charge in [-0.25, -0.2) is 0 Å². The number of hydrogen-bond acceptors (Lipinski definition) is 3. The molecule has 0 amide bonds. The topological polar surface area (TPSA) is 35.5 Å². The minimum absolute atomic E-state index is 0. The van der Waals surface area contributed by atoms with Gasteiger partial charge in [0, 0.05) is 16.8 Å². The Labute approximate surface area is 64.6 Å². The fourth-order valence-corrected chi connectivity index (χ4v) is 0.0491. The molecule has 0 fully saturated rings. The van der Waals surface area contributed by atoms with Crippen LogP contribution in [-0.4, -0.2) is 0 Å². The Morgan fingerprint density at radius 3 is 1.09 bits per heavy atom. The summed E-state index contributed by atoms with van der Waals surface area (Å²) in [6, 6.07) is 0. The van der Waals surface area contributed by atoms with E-state index in [2.05, 4.69) is 0 Å². The summed E-state index contributed by atoms with van der Waals surface area (Å²) in [6.07, 6.45) is 0. The van der Waals surface area contributed by atoms with Crippen molar-refractivity contribution in [1.82, 2.24) is 0 Å². The number of hydrogen-bond donors (Lipinski definition) is 0. The zero-order chi connectivity index (χ0) is 8.79. The molecule has 0 N–H and O–H groups in total. The second kappa shape index (κ2) is 1.72. The molecule has 0 aromatic heterocycles. The van der Waals surface area contributed by atoms with E-state index in [1.54, 1.807) is 0 Å². The molecule has 1 radical (unpaired) electrons. The fraction of sp³-hybridized carbons (Fsp3) is 0. The van der Waals surface area contributed by atoms with Crippen LogP contribution in [-0.2, 0) is 42.8 Å². The molecule has 73 valence electrons. The molecule has 0 aliphatic carbocycles. The molecule has 0 saturated heterocycles. The molecule has 0 unspecified atom stereocenters. The molecule has 0 aliphatic rings. The van der Waals surface area contributed by atoms with Crippen LogP contribution in [0.25, 0.3) is 0 Å². The Hall–Kier alpha value is 0.521. The molecule has 0 aromatic carbocycles. The zero-order valence-corrected chi connectivity index (χ0v) is 6.93. The van der Waals surface area contributed by atoms with Gasteiger partial charge in [0.1, 0.15) is 0 Å². The Kier molecular flexibility index (Phi) is 2.20. The van der Waals surface area contributed by atoms with Gasteiger partial charge in [-0.3, -0.25) is 0 Å².